The maximum Gasteiger partial charge on any atom is 0.243 e. The van der Waals surface area contributed by atoms with Crippen LogP contribution < -0.4 is 10.2 Å². The molecule has 7 nitrogen and oxygen atoms in total. The third-order valence-corrected chi connectivity index (χ3v) is 8.39. The number of hydrogen-bond acceptors (Lipinski definition) is 6. The average molecular weight is 464 g/mol. The van der Waals surface area contributed by atoms with Crippen molar-refractivity contribution in [3.05, 3.63) is 40.6 Å². The van der Waals surface area contributed by atoms with Crippen LogP contribution in [0.15, 0.2) is 39.9 Å². The minimum atomic E-state index is -3.58. The van der Waals surface area contributed by atoms with E-state index in [1.165, 1.54) is 0 Å². The molecule has 0 aliphatic carbocycles. The van der Waals surface area contributed by atoms with Crippen LogP contribution in [-0.4, -0.2) is 58.0 Å². The van der Waals surface area contributed by atoms with Crippen molar-refractivity contribution in [2.45, 2.75) is 37.0 Å². The van der Waals surface area contributed by atoms with Gasteiger partial charge in [-0.2, -0.15) is 15.6 Å². The van der Waals surface area contributed by atoms with E-state index in [0.29, 0.717) is 57.9 Å². The van der Waals surface area contributed by atoms with Crippen LogP contribution in [0.3, 0.4) is 0 Å². The Balaban J connectivity index is 1.57. The van der Waals surface area contributed by atoms with E-state index in [0.717, 1.165) is 30.5 Å². The van der Waals surface area contributed by atoms with Gasteiger partial charge in [0.15, 0.2) is 0 Å². The number of nitrogens with one attached hydrogen (secondary N) is 1. The molecule has 0 spiro atoms. The molecule has 2 fully saturated rings. The molecule has 0 radical (unpaired) electrons. The van der Waals surface area contributed by atoms with E-state index in [4.69, 9.17) is 4.74 Å². The third-order valence-electron chi connectivity index (χ3n) is 5.77. The van der Waals surface area contributed by atoms with Gasteiger partial charge in [0, 0.05) is 32.6 Å². The van der Waals surface area contributed by atoms with Crippen molar-refractivity contribution >= 4 is 38.6 Å². The quantitative estimate of drug-likeness (QED) is 0.681. The number of carbonyl (C=O) groups excluding carboxylic acids is 1. The number of thiophene rings is 1. The summed E-state index contributed by atoms with van der Waals surface area (Å²) < 4.78 is 33.4. The Kier molecular flexibility index (Phi) is 7.27. The molecule has 2 saturated heterocycles. The first kappa shape index (κ1) is 22.3. The normalized spacial score (nSPS) is 18.1. The first-order valence-electron chi connectivity index (χ1n) is 10.8. The lowest BCUT2D eigenvalue weighted by Gasteiger charge is -2.31. The van der Waals surface area contributed by atoms with Gasteiger partial charge in [-0.05, 0) is 59.9 Å². The van der Waals surface area contributed by atoms with Crippen LogP contribution in [0.1, 0.15) is 31.2 Å². The largest absolute Gasteiger partial charge is 0.378 e. The SMILES string of the molecule is O=C(CCc1ccsc1)Nc1cc(S(=O)(=O)N2CCCCC2)ccc1N1CCOCC1. The topological polar surface area (TPSA) is 79.0 Å². The van der Waals surface area contributed by atoms with Gasteiger partial charge in [0.2, 0.25) is 15.9 Å². The van der Waals surface area contributed by atoms with Gasteiger partial charge in [0.05, 0.1) is 29.5 Å². The number of piperidine rings is 1. The zero-order valence-corrected chi connectivity index (χ0v) is 19.2. The number of ether oxygens (including phenoxy) is 1. The molecule has 0 atom stereocenters. The fourth-order valence-corrected chi connectivity index (χ4v) is 6.26. The Morgan fingerprint density at radius 3 is 2.55 bits per heavy atom. The number of morpholine rings is 1. The first-order chi connectivity index (χ1) is 15.0. The number of nitrogens with zero attached hydrogens (tertiary/aromatic N) is 2. The van der Waals surface area contributed by atoms with E-state index in [1.807, 2.05) is 22.9 Å². The Labute approximate surface area is 188 Å². The number of benzene rings is 1. The van der Waals surface area contributed by atoms with Gasteiger partial charge < -0.3 is 15.0 Å². The van der Waals surface area contributed by atoms with Crippen LogP contribution in [-0.2, 0) is 26.0 Å². The number of sulfonamides is 1. The van der Waals surface area contributed by atoms with E-state index in [2.05, 4.69) is 10.2 Å². The molecule has 9 heteroatoms. The Morgan fingerprint density at radius 2 is 1.84 bits per heavy atom. The van der Waals surface area contributed by atoms with E-state index >= 15 is 0 Å². The maximum atomic E-state index is 13.2. The summed E-state index contributed by atoms with van der Waals surface area (Å²) in [5.41, 5.74) is 2.52. The zero-order valence-electron chi connectivity index (χ0n) is 17.6. The van der Waals surface area contributed by atoms with Gasteiger partial charge in [0.1, 0.15) is 0 Å². The predicted molar refractivity (Wildman–Crippen MR) is 123 cm³/mol. The highest BCUT2D eigenvalue weighted by Crippen LogP contribution is 2.32. The van der Waals surface area contributed by atoms with E-state index in [1.54, 1.807) is 27.8 Å². The summed E-state index contributed by atoms with van der Waals surface area (Å²) in [6.45, 7) is 3.73. The molecule has 3 heterocycles. The van der Waals surface area contributed by atoms with Crippen LogP contribution in [0.2, 0.25) is 0 Å². The molecule has 0 bridgehead atoms. The molecule has 2 aromatic rings. The molecule has 1 amide bonds. The summed E-state index contributed by atoms with van der Waals surface area (Å²) in [5.74, 6) is -0.117. The number of hydrogen-bond donors (Lipinski definition) is 1. The lowest BCUT2D eigenvalue weighted by atomic mass is 10.1. The Hall–Kier alpha value is -1.94. The van der Waals surface area contributed by atoms with Gasteiger partial charge in [-0.1, -0.05) is 6.42 Å². The number of anilines is 2. The van der Waals surface area contributed by atoms with Crippen molar-refractivity contribution in [3.63, 3.8) is 0 Å². The number of amides is 1. The highest BCUT2D eigenvalue weighted by Gasteiger charge is 2.27. The maximum absolute atomic E-state index is 13.2. The molecule has 31 heavy (non-hydrogen) atoms. The molecule has 1 aromatic heterocycles. The van der Waals surface area contributed by atoms with E-state index < -0.39 is 10.0 Å². The molecule has 2 aliphatic heterocycles. The molecule has 1 aromatic carbocycles. The van der Waals surface area contributed by atoms with Gasteiger partial charge in [-0.3, -0.25) is 4.79 Å². The smallest absolute Gasteiger partial charge is 0.243 e. The predicted octanol–water partition coefficient (Wildman–Crippen LogP) is 3.33. The molecule has 0 unspecified atom stereocenters. The highest BCUT2D eigenvalue weighted by atomic mass is 32.2. The molecule has 2 aliphatic rings. The van der Waals surface area contributed by atoms with Crippen LogP contribution in [0, 0.1) is 0 Å². The van der Waals surface area contributed by atoms with Gasteiger partial charge in [-0.25, -0.2) is 8.42 Å². The molecule has 168 valence electrons. The number of carbonyl (C=O) groups is 1. The highest BCUT2D eigenvalue weighted by molar-refractivity contribution is 7.89. The summed E-state index contributed by atoms with van der Waals surface area (Å²) in [4.78, 5) is 15.1. The number of rotatable bonds is 7. The summed E-state index contributed by atoms with van der Waals surface area (Å²) >= 11 is 1.61. The fraction of sp³-hybridized carbons (Fsp3) is 0.500. The second-order valence-corrected chi connectivity index (χ2v) is 10.6. The van der Waals surface area contributed by atoms with Crippen LogP contribution in [0.25, 0.3) is 0 Å². The van der Waals surface area contributed by atoms with Crippen molar-refractivity contribution in [2.75, 3.05) is 49.6 Å². The summed E-state index contributed by atoms with van der Waals surface area (Å²) in [6.07, 6.45) is 3.85. The van der Waals surface area contributed by atoms with Crippen LogP contribution >= 0.6 is 11.3 Å². The van der Waals surface area contributed by atoms with Crippen molar-refractivity contribution in [1.29, 1.82) is 0 Å². The second-order valence-electron chi connectivity index (χ2n) is 7.92. The van der Waals surface area contributed by atoms with E-state index in [-0.39, 0.29) is 10.8 Å². The van der Waals surface area contributed by atoms with Crippen LogP contribution in [0.4, 0.5) is 11.4 Å². The Bertz CT molecular complexity index is 980. The lowest BCUT2D eigenvalue weighted by molar-refractivity contribution is -0.116. The minimum absolute atomic E-state index is 0.117. The third kappa shape index (κ3) is 5.46. The summed E-state index contributed by atoms with van der Waals surface area (Å²) in [5, 5.41) is 7.02. The van der Waals surface area contributed by atoms with Crippen molar-refractivity contribution < 1.29 is 17.9 Å². The molecule has 1 N–H and O–H groups in total. The molecular formula is C22H29N3O4S2. The van der Waals surface area contributed by atoms with Crippen molar-refractivity contribution in [3.8, 4) is 0 Å². The van der Waals surface area contributed by atoms with Crippen molar-refractivity contribution in [2.24, 2.45) is 0 Å². The average Bonchev–Trinajstić information content (AvgIpc) is 3.33. The second kappa shape index (κ2) is 10.1. The molecule has 4 rings (SSSR count). The Morgan fingerprint density at radius 1 is 1.06 bits per heavy atom. The van der Waals surface area contributed by atoms with Crippen molar-refractivity contribution in [1.82, 2.24) is 4.31 Å². The molecule has 0 saturated carbocycles. The molecular weight excluding hydrogens is 434 g/mol. The monoisotopic (exact) mass is 463 g/mol. The standard InChI is InChI=1S/C22H29N3O4S2/c26-22(7-4-18-8-15-30-17-18)23-20-16-19(31(27,28)25-9-2-1-3-10-25)5-6-21(20)24-11-13-29-14-12-24/h5-6,8,15-17H,1-4,7,9-14H2,(H,23,26). The minimum Gasteiger partial charge on any atom is -0.378 e. The van der Waals surface area contributed by atoms with E-state index in [9.17, 15) is 13.2 Å². The van der Waals surface area contributed by atoms with Gasteiger partial charge in [0.25, 0.3) is 0 Å². The summed E-state index contributed by atoms with van der Waals surface area (Å²) in [6, 6.07) is 7.12. The zero-order chi connectivity index (χ0) is 21.7. The van der Waals surface area contributed by atoms with Crippen LogP contribution in [0.5, 0.6) is 0 Å². The first-order valence-corrected chi connectivity index (χ1v) is 13.2. The lowest BCUT2D eigenvalue weighted by Crippen LogP contribution is -2.37. The number of aryl methyl sites for hydroxylation is 1. The fourth-order valence-electron chi connectivity index (χ4n) is 4.02. The van der Waals surface area contributed by atoms with Gasteiger partial charge >= 0.3 is 0 Å². The van der Waals surface area contributed by atoms with Gasteiger partial charge in [-0.15, -0.1) is 0 Å². The summed E-state index contributed by atoms with van der Waals surface area (Å²) in [7, 11) is -3.58.